The highest BCUT2D eigenvalue weighted by atomic mass is 15.0. The number of nitrogens with two attached hydrogens (primary N) is 1. The minimum atomic E-state index is -0.0986. The van der Waals surface area contributed by atoms with Crippen molar-refractivity contribution in [2.45, 2.75) is 46.1 Å². The minimum absolute atomic E-state index is 0.0986. The predicted molar refractivity (Wildman–Crippen MR) is 68.1 cm³/mol. The molecule has 0 aliphatic heterocycles. The smallest absolute Gasteiger partial charge is 0.142 e. The summed E-state index contributed by atoms with van der Waals surface area (Å²) in [6.45, 7) is 10.2. The van der Waals surface area contributed by atoms with E-state index >= 15 is 0 Å². The number of unbranched alkanes of at least 4 members (excludes halogenated alkanes) is 1. The van der Waals surface area contributed by atoms with Gasteiger partial charge in [0.25, 0.3) is 0 Å². The molecule has 0 aliphatic carbocycles. The average molecular weight is 210 g/mol. The van der Waals surface area contributed by atoms with Crippen LogP contribution in [0.4, 0.5) is 0 Å². The maximum Gasteiger partial charge on any atom is 0.142 e. The van der Waals surface area contributed by atoms with Crippen LogP contribution in [0.15, 0.2) is 15.0 Å². The number of hydrogen-bond acceptors (Lipinski definition) is 2. The van der Waals surface area contributed by atoms with Gasteiger partial charge in [-0.3, -0.25) is 4.99 Å². The molecule has 0 saturated carbocycles. The second-order valence-corrected chi connectivity index (χ2v) is 3.43. The molecular formula is C11H22N4. The molecular weight excluding hydrogens is 188 g/mol. The third-order valence-corrected chi connectivity index (χ3v) is 2.06. The van der Waals surface area contributed by atoms with Crippen molar-refractivity contribution in [3.8, 4) is 0 Å². The maximum absolute atomic E-state index is 5.90. The second-order valence-electron chi connectivity index (χ2n) is 3.43. The Morgan fingerprint density at radius 3 is 2.53 bits per heavy atom. The molecule has 4 nitrogen and oxygen atoms in total. The molecule has 1 unspecified atom stereocenters. The minimum Gasteiger partial charge on any atom is -0.321 e. The van der Waals surface area contributed by atoms with Gasteiger partial charge in [-0.1, -0.05) is 20.3 Å². The summed E-state index contributed by atoms with van der Waals surface area (Å²) in [4.78, 5) is 12.4. The van der Waals surface area contributed by atoms with E-state index < -0.39 is 0 Å². The summed E-state index contributed by atoms with van der Waals surface area (Å²) in [6, 6.07) is -0.0986. The Morgan fingerprint density at radius 2 is 2.07 bits per heavy atom. The second kappa shape index (κ2) is 8.29. The first-order chi connectivity index (χ1) is 7.15. The first kappa shape index (κ1) is 14.0. The third-order valence-electron chi connectivity index (χ3n) is 2.06. The van der Waals surface area contributed by atoms with Crippen LogP contribution in [0.1, 0.15) is 40.0 Å². The van der Waals surface area contributed by atoms with E-state index in [0.717, 1.165) is 25.8 Å². The molecule has 86 valence electrons. The zero-order valence-electron chi connectivity index (χ0n) is 10.0. The van der Waals surface area contributed by atoms with Gasteiger partial charge in [-0.05, 0) is 26.5 Å². The van der Waals surface area contributed by atoms with E-state index in [9.17, 15) is 0 Å². The van der Waals surface area contributed by atoms with Gasteiger partial charge in [-0.2, -0.15) is 0 Å². The van der Waals surface area contributed by atoms with E-state index in [4.69, 9.17) is 5.73 Å². The topological polar surface area (TPSA) is 63.1 Å². The van der Waals surface area contributed by atoms with Crippen molar-refractivity contribution in [2.24, 2.45) is 20.7 Å². The molecule has 0 bridgehead atoms. The normalized spacial score (nSPS) is 15.2. The van der Waals surface area contributed by atoms with E-state index in [2.05, 4.69) is 28.6 Å². The van der Waals surface area contributed by atoms with Gasteiger partial charge >= 0.3 is 0 Å². The van der Waals surface area contributed by atoms with E-state index in [-0.39, 0.29) is 6.04 Å². The molecule has 0 amide bonds. The molecule has 2 N–H and O–H groups in total. The Hall–Kier alpha value is -1.03. The van der Waals surface area contributed by atoms with Crippen LogP contribution in [0.3, 0.4) is 0 Å². The largest absolute Gasteiger partial charge is 0.321 e. The standard InChI is InChI=1S/C11H22N4/c1-5-7-8-14-11(10(12)6-2)15-9(3)13-4/h10H,4-8,12H2,1-3H3. The molecule has 4 heteroatoms. The van der Waals surface area contributed by atoms with Crippen LogP contribution < -0.4 is 5.73 Å². The number of nitrogens with zero attached hydrogens (tertiary/aromatic N) is 3. The number of aliphatic imine (C=N–C) groups is 3. The number of rotatable bonds is 5. The van der Waals surface area contributed by atoms with Crippen molar-refractivity contribution in [3.63, 3.8) is 0 Å². The summed E-state index contributed by atoms with van der Waals surface area (Å²) in [7, 11) is 0. The van der Waals surface area contributed by atoms with Crippen LogP contribution >= 0.6 is 0 Å². The Labute approximate surface area is 92.4 Å². The lowest BCUT2D eigenvalue weighted by molar-refractivity contribution is 0.775. The van der Waals surface area contributed by atoms with Crippen LogP contribution in [0.5, 0.6) is 0 Å². The Bertz CT molecular complexity index is 243. The molecule has 0 aliphatic rings. The molecule has 0 aromatic carbocycles. The van der Waals surface area contributed by atoms with Gasteiger partial charge < -0.3 is 5.73 Å². The van der Waals surface area contributed by atoms with Crippen LogP contribution in [0, 0.1) is 0 Å². The SMILES string of the molecule is C=NC(C)=NC(=NCCCC)C(N)CC. The Kier molecular flexibility index (Phi) is 7.72. The summed E-state index contributed by atoms with van der Waals surface area (Å²) in [5.74, 6) is 1.31. The number of amidine groups is 2. The van der Waals surface area contributed by atoms with Gasteiger partial charge in [0, 0.05) is 6.54 Å². The molecule has 0 aromatic rings. The van der Waals surface area contributed by atoms with Crippen molar-refractivity contribution >= 4 is 18.4 Å². The molecule has 0 fully saturated rings. The lowest BCUT2D eigenvalue weighted by atomic mass is 10.2. The summed E-state index contributed by atoms with van der Waals surface area (Å²) in [5, 5.41) is 0. The molecule has 0 spiro atoms. The van der Waals surface area contributed by atoms with Gasteiger partial charge in [0.05, 0.1) is 6.04 Å². The highest BCUT2D eigenvalue weighted by Crippen LogP contribution is 1.97. The van der Waals surface area contributed by atoms with Crippen molar-refractivity contribution in [2.75, 3.05) is 6.54 Å². The van der Waals surface area contributed by atoms with E-state index in [1.165, 1.54) is 0 Å². The van der Waals surface area contributed by atoms with Crippen LogP contribution in [-0.4, -0.2) is 31.0 Å². The Morgan fingerprint density at radius 1 is 1.40 bits per heavy atom. The number of hydrogen-bond donors (Lipinski definition) is 1. The van der Waals surface area contributed by atoms with Crippen LogP contribution in [0.2, 0.25) is 0 Å². The van der Waals surface area contributed by atoms with E-state index in [0.29, 0.717) is 11.7 Å². The molecule has 1 atom stereocenters. The molecule has 0 aromatic heterocycles. The summed E-state index contributed by atoms with van der Waals surface area (Å²) in [5.41, 5.74) is 5.90. The average Bonchev–Trinajstić information content (AvgIpc) is 2.26. The maximum atomic E-state index is 5.90. The van der Waals surface area contributed by atoms with Gasteiger partial charge in [-0.15, -0.1) is 0 Å². The van der Waals surface area contributed by atoms with Gasteiger partial charge in [-0.25, -0.2) is 9.98 Å². The quantitative estimate of drug-likeness (QED) is 0.421. The predicted octanol–water partition coefficient (Wildman–Crippen LogP) is 2.04. The highest BCUT2D eigenvalue weighted by Gasteiger charge is 2.07. The first-order valence-electron chi connectivity index (χ1n) is 5.47. The zero-order valence-corrected chi connectivity index (χ0v) is 10.0. The lowest BCUT2D eigenvalue weighted by Crippen LogP contribution is -2.29. The Balaban J connectivity index is 4.57. The third kappa shape index (κ3) is 6.12. The lowest BCUT2D eigenvalue weighted by Gasteiger charge is -2.08. The summed E-state index contributed by atoms with van der Waals surface area (Å²) < 4.78 is 0. The molecule has 0 rings (SSSR count). The van der Waals surface area contributed by atoms with Crippen LogP contribution in [0.25, 0.3) is 0 Å². The van der Waals surface area contributed by atoms with E-state index in [1.54, 1.807) is 6.92 Å². The fourth-order valence-corrected chi connectivity index (χ4v) is 0.971. The van der Waals surface area contributed by atoms with Crippen molar-refractivity contribution in [1.82, 2.24) is 0 Å². The fourth-order valence-electron chi connectivity index (χ4n) is 0.971. The van der Waals surface area contributed by atoms with Crippen LogP contribution in [-0.2, 0) is 0 Å². The molecule has 15 heavy (non-hydrogen) atoms. The summed E-state index contributed by atoms with van der Waals surface area (Å²) in [6.07, 6.45) is 3.02. The fraction of sp³-hybridized carbons (Fsp3) is 0.727. The zero-order chi connectivity index (χ0) is 11.7. The van der Waals surface area contributed by atoms with Gasteiger partial charge in [0.2, 0.25) is 0 Å². The van der Waals surface area contributed by atoms with Crippen molar-refractivity contribution in [1.29, 1.82) is 0 Å². The van der Waals surface area contributed by atoms with Gasteiger partial charge in [0.1, 0.15) is 11.7 Å². The monoisotopic (exact) mass is 210 g/mol. The van der Waals surface area contributed by atoms with E-state index in [1.807, 2.05) is 6.92 Å². The molecule has 0 radical (unpaired) electrons. The van der Waals surface area contributed by atoms with Crippen molar-refractivity contribution in [3.05, 3.63) is 0 Å². The summed E-state index contributed by atoms with van der Waals surface area (Å²) >= 11 is 0. The molecule has 0 heterocycles. The highest BCUT2D eigenvalue weighted by molar-refractivity contribution is 5.99. The van der Waals surface area contributed by atoms with Crippen molar-refractivity contribution < 1.29 is 0 Å². The molecule has 0 saturated heterocycles. The van der Waals surface area contributed by atoms with Gasteiger partial charge in [0.15, 0.2) is 0 Å². The first-order valence-corrected chi connectivity index (χ1v) is 5.47.